The molecule has 0 spiro atoms. The second kappa shape index (κ2) is 4.57. The first-order chi connectivity index (χ1) is 6.62. The number of hydrogen-bond acceptors (Lipinski definition) is 3. The minimum Gasteiger partial charge on any atom is -0.329 e. The summed E-state index contributed by atoms with van der Waals surface area (Å²) < 4.78 is 23.8. The predicted molar refractivity (Wildman–Crippen MR) is 56.8 cm³/mol. The molecule has 78 valence electrons. The van der Waals surface area contributed by atoms with E-state index in [1.54, 1.807) is 30.3 Å². The Labute approximate surface area is 84.9 Å². The summed E-state index contributed by atoms with van der Waals surface area (Å²) in [5, 5.41) is -0.468. The molecule has 1 unspecified atom stereocenters. The van der Waals surface area contributed by atoms with E-state index in [4.69, 9.17) is 5.73 Å². The van der Waals surface area contributed by atoms with Crippen LogP contribution in [-0.4, -0.2) is 20.2 Å². The molecular weight excluding hydrogens is 198 g/mol. The standard InChI is InChI=1S/C10H15NO2S/c1-2-9(8-11)14(12,13)10-6-4-3-5-7-10/h3-7,9H,2,8,11H2,1H3. The van der Waals surface area contributed by atoms with Crippen molar-refractivity contribution < 1.29 is 8.42 Å². The molecule has 14 heavy (non-hydrogen) atoms. The fraction of sp³-hybridized carbons (Fsp3) is 0.400. The zero-order valence-corrected chi connectivity index (χ0v) is 9.00. The van der Waals surface area contributed by atoms with Gasteiger partial charge in [0.15, 0.2) is 9.84 Å². The van der Waals surface area contributed by atoms with E-state index in [1.807, 2.05) is 6.92 Å². The molecular formula is C10H15NO2S. The molecule has 1 aromatic carbocycles. The Bertz CT molecular complexity index is 368. The SMILES string of the molecule is CCC(CN)S(=O)(=O)c1ccccc1. The molecule has 1 atom stereocenters. The van der Waals surface area contributed by atoms with Crippen molar-refractivity contribution in [3.05, 3.63) is 30.3 Å². The quantitative estimate of drug-likeness (QED) is 0.817. The van der Waals surface area contributed by atoms with Crippen LogP contribution in [0, 0.1) is 0 Å². The lowest BCUT2D eigenvalue weighted by Gasteiger charge is -2.13. The largest absolute Gasteiger partial charge is 0.329 e. The molecule has 0 amide bonds. The van der Waals surface area contributed by atoms with E-state index >= 15 is 0 Å². The summed E-state index contributed by atoms with van der Waals surface area (Å²) in [6, 6.07) is 8.44. The lowest BCUT2D eigenvalue weighted by Crippen LogP contribution is -2.29. The molecule has 0 heterocycles. The normalized spacial score (nSPS) is 13.9. The van der Waals surface area contributed by atoms with Crippen LogP contribution in [0.1, 0.15) is 13.3 Å². The summed E-state index contributed by atoms with van der Waals surface area (Å²) in [7, 11) is -3.23. The maximum absolute atomic E-state index is 11.9. The lowest BCUT2D eigenvalue weighted by molar-refractivity contribution is 0.576. The van der Waals surface area contributed by atoms with Gasteiger partial charge in [0, 0.05) is 6.54 Å². The van der Waals surface area contributed by atoms with Crippen LogP contribution in [0.4, 0.5) is 0 Å². The van der Waals surface area contributed by atoms with E-state index in [-0.39, 0.29) is 6.54 Å². The Kier molecular flexibility index (Phi) is 3.66. The van der Waals surface area contributed by atoms with Crippen LogP contribution in [0.5, 0.6) is 0 Å². The average molecular weight is 213 g/mol. The molecule has 0 radical (unpaired) electrons. The van der Waals surface area contributed by atoms with Gasteiger partial charge in [0.25, 0.3) is 0 Å². The van der Waals surface area contributed by atoms with Crippen LogP contribution in [-0.2, 0) is 9.84 Å². The molecule has 0 aliphatic heterocycles. The van der Waals surface area contributed by atoms with Crippen LogP contribution in [0.15, 0.2) is 35.2 Å². The molecule has 0 saturated heterocycles. The lowest BCUT2D eigenvalue weighted by atomic mass is 10.3. The zero-order valence-electron chi connectivity index (χ0n) is 8.18. The van der Waals surface area contributed by atoms with Gasteiger partial charge in [-0.3, -0.25) is 0 Å². The van der Waals surface area contributed by atoms with Crippen LogP contribution in [0.2, 0.25) is 0 Å². The Morgan fingerprint density at radius 3 is 2.29 bits per heavy atom. The van der Waals surface area contributed by atoms with Crippen molar-refractivity contribution in [3.63, 3.8) is 0 Å². The van der Waals surface area contributed by atoms with Crippen LogP contribution in [0.25, 0.3) is 0 Å². The van der Waals surface area contributed by atoms with Crippen LogP contribution < -0.4 is 5.73 Å². The Morgan fingerprint density at radius 2 is 1.86 bits per heavy atom. The van der Waals surface area contributed by atoms with Crippen molar-refractivity contribution in [1.29, 1.82) is 0 Å². The third-order valence-electron chi connectivity index (χ3n) is 2.23. The molecule has 0 aliphatic rings. The summed E-state index contributed by atoms with van der Waals surface area (Å²) in [5.74, 6) is 0. The molecule has 0 aromatic heterocycles. The van der Waals surface area contributed by atoms with Gasteiger partial charge in [0.2, 0.25) is 0 Å². The molecule has 0 bridgehead atoms. The van der Waals surface area contributed by atoms with Gasteiger partial charge in [-0.1, -0.05) is 25.1 Å². The Morgan fingerprint density at radius 1 is 1.29 bits per heavy atom. The summed E-state index contributed by atoms with van der Waals surface area (Å²) in [5.41, 5.74) is 5.43. The van der Waals surface area contributed by atoms with Crippen molar-refractivity contribution in [2.24, 2.45) is 5.73 Å². The van der Waals surface area contributed by atoms with E-state index in [9.17, 15) is 8.42 Å². The van der Waals surface area contributed by atoms with Gasteiger partial charge >= 0.3 is 0 Å². The molecule has 3 nitrogen and oxygen atoms in total. The zero-order chi connectivity index (χ0) is 10.6. The topological polar surface area (TPSA) is 60.2 Å². The molecule has 2 N–H and O–H groups in total. The highest BCUT2D eigenvalue weighted by Gasteiger charge is 2.23. The number of nitrogens with two attached hydrogens (primary N) is 1. The summed E-state index contributed by atoms with van der Waals surface area (Å²) in [4.78, 5) is 0.359. The van der Waals surface area contributed by atoms with Crippen molar-refractivity contribution in [2.45, 2.75) is 23.5 Å². The van der Waals surface area contributed by atoms with E-state index in [2.05, 4.69) is 0 Å². The van der Waals surface area contributed by atoms with Crippen molar-refractivity contribution in [2.75, 3.05) is 6.54 Å². The minimum absolute atomic E-state index is 0.174. The first-order valence-electron chi connectivity index (χ1n) is 4.62. The average Bonchev–Trinajstić information content (AvgIpc) is 2.20. The Balaban J connectivity index is 3.08. The van der Waals surface area contributed by atoms with Gasteiger partial charge in [0.05, 0.1) is 10.1 Å². The highest BCUT2D eigenvalue weighted by molar-refractivity contribution is 7.92. The molecule has 1 aromatic rings. The Hall–Kier alpha value is -0.870. The van der Waals surface area contributed by atoms with Gasteiger partial charge in [-0.15, -0.1) is 0 Å². The number of benzene rings is 1. The van der Waals surface area contributed by atoms with Gasteiger partial charge in [0.1, 0.15) is 0 Å². The van der Waals surface area contributed by atoms with Crippen LogP contribution in [0.3, 0.4) is 0 Å². The van der Waals surface area contributed by atoms with E-state index in [1.165, 1.54) is 0 Å². The van der Waals surface area contributed by atoms with Crippen molar-refractivity contribution in [1.82, 2.24) is 0 Å². The van der Waals surface area contributed by atoms with Crippen molar-refractivity contribution in [3.8, 4) is 0 Å². The molecule has 0 saturated carbocycles. The second-order valence-corrected chi connectivity index (χ2v) is 5.35. The highest BCUT2D eigenvalue weighted by Crippen LogP contribution is 2.16. The van der Waals surface area contributed by atoms with Gasteiger partial charge in [-0.05, 0) is 18.6 Å². The summed E-state index contributed by atoms with van der Waals surface area (Å²) in [6.45, 7) is 2.01. The number of sulfone groups is 1. The molecule has 4 heteroatoms. The number of hydrogen-bond donors (Lipinski definition) is 1. The molecule has 1 rings (SSSR count). The maximum Gasteiger partial charge on any atom is 0.182 e. The van der Waals surface area contributed by atoms with Gasteiger partial charge in [-0.2, -0.15) is 0 Å². The number of rotatable bonds is 4. The molecule has 0 fully saturated rings. The van der Waals surface area contributed by atoms with Crippen LogP contribution >= 0.6 is 0 Å². The summed E-state index contributed by atoms with van der Waals surface area (Å²) in [6.07, 6.45) is 0.549. The first kappa shape index (κ1) is 11.2. The first-order valence-corrected chi connectivity index (χ1v) is 6.16. The fourth-order valence-corrected chi connectivity index (χ4v) is 2.93. The molecule has 0 aliphatic carbocycles. The third kappa shape index (κ3) is 2.13. The smallest absolute Gasteiger partial charge is 0.182 e. The minimum atomic E-state index is -3.23. The highest BCUT2D eigenvalue weighted by atomic mass is 32.2. The van der Waals surface area contributed by atoms with Gasteiger partial charge < -0.3 is 5.73 Å². The monoisotopic (exact) mass is 213 g/mol. The van der Waals surface area contributed by atoms with E-state index in [0.717, 1.165) is 0 Å². The van der Waals surface area contributed by atoms with Gasteiger partial charge in [-0.25, -0.2) is 8.42 Å². The maximum atomic E-state index is 11.9. The second-order valence-electron chi connectivity index (χ2n) is 3.12. The van der Waals surface area contributed by atoms with Crippen molar-refractivity contribution >= 4 is 9.84 Å². The predicted octanol–water partition coefficient (Wildman–Crippen LogP) is 1.20. The fourth-order valence-electron chi connectivity index (χ4n) is 1.32. The third-order valence-corrected chi connectivity index (χ3v) is 4.56. The van der Waals surface area contributed by atoms with E-state index < -0.39 is 15.1 Å². The van der Waals surface area contributed by atoms with E-state index in [0.29, 0.717) is 11.3 Å². The summed E-state index contributed by atoms with van der Waals surface area (Å²) >= 11 is 0.